The van der Waals surface area contributed by atoms with Crippen LogP contribution in [0, 0.1) is 5.92 Å². The molecule has 0 spiro atoms. The highest BCUT2D eigenvalue weighted by atomic mass is 16.5. The van der Waals surface area contributed by atoms with E-state index >= 15 is 0 Å². The summed E-state index contributed by atoms with van der Waals surface area (Å²) in [6.07, 6.45) is 7.01. The Kier molecular flexibility index (Phi) is 5.07. The molecule has 0 amide bonds. The first-order valence-corrected chi connectivity index (χ1v) is 6.80. The Labute approximate surface area is 98.9 Å². The van der Waals surface area contributed by atoms with E-state index in [4.69, 9.17) is 9.47 Å². The molecule has 16 heavy (non-hydrogen) atoms. The molecular formula is C13H25NO2. The van der Waals surface area contributed by atoms with Crippen molar-refractivity contribution in [2.24, 2.45) is 5.92 Å². The molecule has 2 aliphatic heterocycles. The van der Waals surface area contributed by atoms with Crippen LogP contribution in [0.2, 0.25) is 0 Å². The minimum atomic E-state index is 0.429. The maximum atomic E-state index is 5.94. The molecule has 0 aromatic rings. The largest absolute Gasteiger partial charge is 0.378 e. The maximum Gasteiger partial charge on any atom is 0.0725 e. The maximum absolute atomic E-state index is 5.94. The van der Waals surface area contributed by atoms with Gasteiger partial charge in [0.25, 0.3) is 0 Å². The first-order valence-electron chi connectivity index (χ1n) is 6.80. The molecule has 2 rings (SSSR count). The lowest BCUT2D eigenvalue weighted by atomic mass is 9.97. The van der Waals surface area contributed by atoms with Crippen molar-refractivity contribution in [2.75, 3.05) is 26.3 Å². The van der Waals surface area contributed by atoms with Crippen molar-refractivity contribution in [1.82, 2.24) is 5.32 Å². The molecule has 2 saturated heterocycles. The van der Waals surface area contributed by atoms with Gasteiger partial charge in [-0.1, -0.05) is 6.92 Å². The van der Waals surface area contributed by atoms with E-state index in [0.717, 1.165) is 32.7 Å². The van der Waals surface area contributed by atoms with Gasteiger partial charge in [-0.25, -0.2) is 0 Å². The molecule has 3 heteroatoms. The molecular weight excluding hydrogens is 202 g/mol. The molecule has 2 aliphatic rings. The van der Waals surface area contributed by atoms with Gasteiger partial charge in [0, 0.05) is 19.8 Å². The third-order valence-electron chi connectivity index (χ3n) is 3.78. The molecule has 2 heterocycles. The van der Waals surface area contributed by atoms with Crippen LogP contribution in [0.3, 0.4) is 0 Å². The quantitative estimate of drug-likeness (QED) is 0.728. The Hall–Kier alpha value is -0.120. The normalized spacial score (nSPS) is 35.4. The lowest BCUT2D eigenvalue weighted by molar-refractivity contribution is -0.00260. The van der Waals surface area contributed by atoms with Gasteiger partial charge in [-0.05, 0) is 44.6 Å². The van der Waals surface area contributed by atoms with Crippen LogP contribution < -0.4 is 5.32 Å². The molecule has 0 aromatic carbocycles. The zero-order valence-electron chi connectivity index (χ0n) is 10.4. The molecule has 3 atom stereocenters. The summed E-state index contributed by atoms with van der Waals surface area (Å²) in [7, 11) is 0. The van der Waals surface area contributed by atoms with Gasteiger partial charge in [-0.2, -0.15) is 0 Å². The van der Waals surface area contributed by atoms with E-state index in [1.807, 2.05) is 0 Å². The second-order valence-corrected chi connectivity index (χ2v) is 5.16. The van der Waals surface area contributed by atoms with Crippen LogP contribution in [0.25, 0.3) is 0 Å². The van der Waals surface area contributed by atoms with Gasteiger partial charge in [-0.15, -0.1) is 0 Å². The second-order valence-electron chi connectivity index (χ2n) is 5.16. The monoisotopic (exact) mass is 227 g/mol. The summed E-state index contributed by atoms with van der Waals surface area (Å²) in [5, 5.41) is 3.40. The fourth-order valence-corrected chi connectivity index (χ4v) is 2.60. The van der Waals surface area contributed by atoms with Crippen molar-refractivity contribution in [2.45, 2.75) is 51.2 Å². The third-order valence-corrected chi connectivity index (χ3v) is 3.78. The minimum absolute atomic E-state index is 0.429. The summed E-state index contributed by atoms with van der Waals surface area (Å²) in [6.45, 7) is 6.34. The predicted molar refractivity (Wildman–Crippen MR) is 64.6 cm³/mol. The lowest BCUT2D eigenvalue weighted by Gasteiger charge is -2.29. The molecule has 0 aromatic heterocycles. The summed E-state index contributed by atoms with van der Waals surface area (Å²) in [5.41, 5.74) is 0. The van der Waals surface area contributed by atoms with Gasteiger partial charge in [0.15, 0.2) is 0 Å². The van der Waals surface area contributed by atoms with Gasteiger partial charge in [0.2, 0.25) is 0 Å². The number of rotatable bonds is 5. The van der Waals surface area contributed by atoms with Crippen molar-refractivity contribution in [1.29, 1.82) is 0 Å². The average Bonchev–Trinajstić information content (AvgIpc) is 2.79. The number of nitrogens with one attached hydrogen (secondary N) is 1. The van der Waals surface area contributed by atoms with Crippen LogP contribution in [0.4, 0.5) is 0 Å². The topological polar surface area (TPSA) is 30.5 Å². The fourth-order valence-electron chi connectivity index (χ4n) is 2.60. The Bertz CT molecular complexity index is 192. The summed E-state index contributed by atoms with van der Waals surface area (Å²) >= 11 is 0. The van der Waals surface area contributed by atoms with Gasteiger partial charge < -0.3 is 14.8 Å². The van der Waals surface area contributed by atoms with Crippen LogP contribution in [0.5, 0.6) is 0 Å². The molecule has 1 N–H and O–H groups in total. The molecule has 0 radical (unpaired) electrons. The van der Waals surface area contributed by atoms with Crippen molar-refractivity contribution in [3.8, 4) is 0 Å². The molecule has 0 aliphatic carbocycles. The van der Waals surface area contributed by atoms with Crippen molar-refractivity contribution in [3.05, 3.63) is 0 Å². The van der Waals surface area contributed by atoms with Crippen molar-refractivity contribution >= 4 is 0 Å². The Morgan fingerprint density at radius 2 is 2.31 bits per heavy atom. The third kappa shape index (κ3) is 3.72. The first-order chi connectivity index (χ1) is 7.86. The van der Waals surface area contributed by atoms with E-state index in [-0.39, 0.29) is 0 Å². The van der Waals surface area contributed by atoms with Crippen molar-refractivity contribution in [3.63, 3.8) is 0 Å². The number of hydrogen-bond donors (Lipinski definition) is 1. The minimum Gasteiger partial charge on any atom is -0.378 e. The Morgan fingerprint density at radius 1 is 1.38 bits per heavy atom. The van der Waals surface area contributed by atoms with Gasteiger partial charge >= 0.3 is 0 Å². The predicted octanol–water partition coefficient (Wildman–Crippen LogP) is 1.96. The SMILES string of the molecule is CC1CCNCC1OCCCC1CCCO1. The highest BCUT2D eigenvalue weighted by Gasteiger charge is 2.21. The van der Waals surface area contributed by atoms with E-state index in [9.17, 15) is 0 Å². The number of hydrogen-bond acceptors (Lipinski definition) is 3. The summed E-state index contributed by atoms with van der Waals surface area (Å²) < 4.78 is 11.5. The fraction of sp³-hybridized carbons (Fsp3) is 1.00. The van der Waals surface area contributed by atoms with E-state index in [1.54, 1.807) is 0 Å². The smallest absolute Gasteiger partial charge is 0.0725 e. The Morgan fingerprint density at radius 3 is 3.06 bits per heavy atom. The highest BCUT2D eigenvalue weighted by Crippen LogP contribution is 2.18. The zero-order chi connectivity index (χ0) is 11.2. The van der Waals surface area contributed by atoms with Crippen LogP contribution in [-0.2, 0) is 9.47 Å². The molecule has 94 valence electrons. The van der Waals surface area contributed by atoms with Gasteiger partial charge in [0.05, 0.1) is 12.2 Å². The van der Waals surface area contributed by atoms with E-state index in [1.165, 1.54) is 25.7 Å². The van der Waals surface area contributed by atoms with Crippen LogP contribution in [-0.4, -0.2) is 38.5 Å². The van der Waals surface area contributed by atoms with E-state index in [2.05, 4.69) is 12.2 Å². The van der Waals surface area contributed by atoms with Crippen molar-refractivity contribution < 1.29 is 9.47 Å². The summed E-state index contributed by atoms with van der Waals surface area (Å²) in [5.74, 6) is 0.712. The lowest BCUT2D eigenvalue weighted by Crippen LogP contribution is -2.41. The first kappa shape index (κ1) is 12.3. The molecule has 0 saturated carbocycles. The zero-order valence-corrected chi connectivity index (χ0v) is 10.4. The highest BCUT2D eigenvalue weighted by molar-refractivity contribution is 4.75. The summed E-state index contributed by atoms with van der Waals surface area (Å²) in [6, 6.07) is 0. The van der Waals surface area contributed by atoms with Crippen LogP contribution in [0.15, 0.2) is 0 Å². The molecule has 2 fully saturated rings. The van der Waals surface area contributed by atoms with E-state index in [0.29, 0.717) is 18.1 Å². The molecule has 3 nitrogen and oxygen atoms in total. The second kappa shape index (κ2) is 6.58. The molecule has 3 unspecified atom stereocenters. The Balaban J connectivity index is 1.53. The van der Waals surface area contributed by atoms with Gasteiger partial charge in [-0.3, -0.25) is 0 Å². The number of piperidine rings is 1. The summed E-state index contributed by atoms with van der Waals surface area (Å²) in [4.78, 5) is 0. The standard InChI is InChI=1S/C13H25NO2/c1-11-6-7-14-10-13(11)16-9-3-5-12-4-2-8-15-12/h11-14H,2-10H2,1H3. The van der Waals surface area contributed by atoms with Crippen LogP contribution >= 0.6 is 0 Å². The number of ether oxygens (including phenoxy) is 2. The molecule has 0 bridgehead atoms. The van der Waals surface area contributed by atoms with Crippen LogP contribution in [0.1, 0.15) is 39.0 Å². The average molecular weight is 227 g/mol. The van der Waals surface area contributed by atoms with E-state index < -0.39 is 0 Å². The van der Waals surface area contributed by atoms with Gasteiger partial charge in [0.1, 0.15) is 0 Å².